The van der Waals surface area contributed by atoms with Crippen molar-refractivity contribution in [3.05, 3.63) is 36.5 Å². The third-order valence-corrected chi connectivity index (χ3v) is 4.61. The van der Waals surface area contributed by atoms with Crippen molar-refractivity contribution >= 4 is 17.0 Å². The molecule has 1 aliphatic carbocycles. The Morgan fingerprint density at radius 1 is 1.21 bits per heavy atom. The zero-order chi connectivity index (χ0) is 16.6. The summed E-state index contributed by atoms with van der Waals surface area (Å²) in [5, 5.41) is 21.8. The summed E-state index contributed by atoms with van der Waals surface area (Å²) >= 11 is 0. The van der Waals surface area contributed by atoms with E-state index in [-0.39, 0.29) is 6.04 Å². The van der Waals surface area contributed by atoms with Crippen molar-refractivity contribution in [2.24, 2.45) is 0 Å². The fraction of sp³-hybridized carbons (Fsp3) is 0.412. The molecule has 1 fully saturated rings. The van der Waals surface area contributed by atoms with Gasteiger partial charge in [-0.2, -0.15) is 9.67 Å². The SMILES string of the molecule is C[C@]1(O)CC[C@H](Nc2nccc(-n3nnc4ccccc43)n2)CC1. The van der Waals surface area contributed by atoms with Gasteiger partial charge < -0.3 is 10.4 Å². The molecule has 4 rings (SSSR count). The first kappa shape index (κ1) is 15.0. The van der Waals surface area contributed by atoms with Crippen molar-refractivity contribution in [3.63, 3.8) is 0 Å². The first-order chi connectivity index (χ1) is 11.6. The van der Waals surface area contributed by atoms with Crippen molar-refractivity contribution in [2.45, 2.75) is 44.2 Å². The standard InChI is InChI=1S/C17H20N6O/c1-17(24)9-6-12(7-10-17)19-16-18-11-8-15(20-16)23-14-5-3-2-4-13(14)21-22-23/h2-5,8,11-12,24H,6-7,9-10H2,1H3,(H,18,19,20)/t12-,17-. The molecular formula is C17H20N6O. The number of benzene rings is 1. The molecule has 2 aromatic heterocycles. The van der Waals surface area contributed by atoms with Crippen LogP contribution in [0.15, 0.2) is 36.5 Å². The van der Waals surface area contributed by atoms with Gasteiger partial charge in [-0.15, -0.1) is 5.10 Å². The van der Waals surface area contributed by atoms with Crippen molar-refractivity contribution < 1.29 is 5.11 Å². The van der Waals surface area contributed by atoms with Crippen LogP contribution in [0.5, 0.6) is 0 Å². The van der Waals surface area contributed by atoms with Gasteiger partial charge in [-0.25, -0.2) is 4.98 Å². The highest BCUT2D eigenvalue weighted by molar-refractivity contribution is 5.75. The molecule has 2 N–H and O–H groups in total. The number of hydrogen-bond donors (Lipinski definition) is 2. The lowest BCUT2D eigenvalue weighted by Crippen LogP contribution is -2.36. The van der Waals surface area contributed by atoms with Crippen molar-refractivity contribution in [3.8, 4) is 5.82 Å². The van der Waals surface area contributed by atoms with Crippen molar-refractivity contribution in [1.29, 1.82) is 0 Å². The van der Waals surface area contributed by atoms with Gasteiger partial charge in [-0.1, -0.05) is 17.3 Å². The summed E-state index contributed by atoms with van der Waals surface area (Å²) in [6.45, 7) is 1.90. The minimum atomic E-state index is -0.541. The van der Waals surface area contributed by atoms with Crippen LogP contribution in [0.4, 0.5) is 5.95 Å². The molecule has 0 saturated heterocycles. The van der Waals surface area contributed by atoms with Crippen molar-refractivity contribution in [2.75, 3.05) is 5.32 Å². The van der Waals surface area contributed by atoms with Gasteiger partial charge in [-0.05, 0) is 44.7 Å². The largest absolute Gasteiger partial charge is 0.390 e. The lowest BCUT2D eigenvalue weighted by atomic mass is 9.84. The highest BCUT2D eigenvalue weighted by Gasteiger charge is 2.28. The molecule has 1 aromatic carbocycles. The van der Waals surface area contributed by atoms with E-state index in [0.717, 1.165) is 36.7 Å². The number of aliphatic hydroxyl groups is 1. The quantitative estimate of drug-likeness (QED) is 0.768. The molecular weight excluding hydrogens is 304 g/mol. The van der Waals surface area contributed by atoms with Gasteiger partial charge in [0, 0.05) is 18.3 Å². The van der Waals surface area contributed by atoms with E-state index in [0.29, 0.717) is 11.8 Å². The predicted molar refractivity (Wildman–Crippen MR) is 91.0 cm³/mol. The summed E-state index contributed by atoms with van der Waals surface area (Å²) in [7, 11) is 0. The van der Waals surface area contributed by atoms with E-state index >= 15 is 0 Å². The third kappa shape index (κ3) is 2.94. The van der Waals surface area contributed by atoms with Crippen molar-refractivity contribution in [1.82, 2.24) is 25.0 Å². The van der Waals surface area contributed by atoms with Gasteiger partial charge in [0.1, 0.15) is 5.52 Å². The van der Waals surface area contributed by atoms with Gasteiger partial charge in [0.05, 0.1) is 11.1 Å². The fourth-order valence-corrected chi connectivity index (χ4v) is 3.14. The lowest BCUT2D eigenvalue weighted by molar-refractivity contribution is 0.0195. The minimum absolute atomic E-state index is 0.285. The molecule has 0 amide bonds. The van der Waals surface area contributed by atoms with Crippen LogP contribution in [0, 0.1) is 0 Å². The molecule has 7 heteroatoms. The smallest absolute Gasteiger partial charge is 0.224 e. The normalized spacial score (nSPS) is 24.2. The summed E-state index contributed by atoms with van der Waals surface area (Å²) in [6.07, 6.45) is 5.12. The van der Waals surface area contributed by atoms with E-state index in [2.05, 4.69) is 25.6 Å². The summed E-state index contributed by atoms with van der Waals surface area (Å²) < 4.78 is 1.72. The zero-order valence-electron chi connectivity index (χ0n) is 13.6. The Kier molecular flexibility index (Phi) is 3.65. The van der Waals surface area contributed by atoms with Gasteiger partial charge in [-0.3, -0.25) is 0 Å². The second-order valence-corrected chi connectivity index (χ2v) is 6.64. The molecule has 1 saturated carbocycles. The van der Waals surface area contributed by atoms with Crippen LogP contribution in [0.2, 0.25) is 0 Å². The number of fused-ring (bicyclic) bond motifs is 1. The van der Waals surface area contributed by atoms with Crippen LogP contribution >= 0.6 is 0 Å². The maximum absolute atomic E-state index is 10.1. The summed E-state index contributed by atoms with van der Waals surface area (Å²) in [6, 6.07) is 9.88. The summed E-state index contributed by atoms with van der Waals surface area (Å²) in [4.78, 5) is 8.89. The molecule has 1 aliphatic rings. The Hall–Kier alpha value is -2.54. The second kappa shape index (κ2) is 5.83. The molecule has 0 bridgehead atoms. The second-order valence-electron chi connectivity index (χ2n) is 6.64. The molecule has 0 aliphatic heterocycles. The van der Waals surface area contributed by atoms with E-state index in [1.54, 1.807) is 10.9 Å². The average molecular weight is 324 g/mol. The molecule has 0 unspecified atom stereocenters. The fourth-order valence-electron chi connectivity index (χ4n) is 3.14. The molecule has 0 radical (unpaired) electrons. The number of anilines is 1. The Labute approximate surface area is 139 Å². The number of aromatic nitrogens is 5. The highest BCUT2D eigenvalue weighted by atomic mass is 16.3. The third-order valence-electron chi connectivity index (χ3n) is 4.61. The maximum atomic E-state index is 10.1. The number of nitrogens with zero attached hydrogens (tertiary/aromatic N) is 5. The zero-order valence-corrected chi connectivity index (χ0v) is 13.6. The number of rotatable bonds is 3. The van der Waals surface area contributed by atoms with Gasteiger partial charge in [0.25, 0.3) is 0 Å². The van der Waals surface area contributed by atoms with Crippen LogP contribution in [-0.2, 0) is 0 Å². The molecule has 7 nitrogen and oxygen atoms in total. The molecule has 2 heterocycles. The monoisotopic (exact) mass is 324 g/mol. The highest BCUT2D eigenvalue weighted by Crippen LogP contribution is 2.29. The van der Waals surface area contributed by atoms with E-state index in [9.17, 15) is 5.11 Å². The van der Waals surface area contributed by atoms with E-state index < -0.39 is 5.60 Å². The minimum Gasteiger partial charge on any atom is -0.390 e. The number of nitrogens with one attached hydrogen (secondary N) is 1. The van der Waals surface area contributed by atoms with E-state index in [1.807, 2.05) is 37.3 Å². The molecule has 0 spiro atoms. The average Bonchev–Trinajstić information content (AvgIpc) is 3.01. The first-order valence-corrected chi connectivity index (χ1v) is 8.24. The molecule has 24 heavy (non-hydrogen) atoms. The Morgan fingerprint density at radius 2 is 2.00 bits per heavy atom. The Balaban J connectivity index is 1.56. The summed E-state index contributed by atoms with van der Waals surface area (Å²) in [5.74, 6) is 1.27. The van der Waals surface area contributed by atoms with Gasteiger partial charge >= 0.3 is 0 Å². The van der Waals surface area contributed by atoms with E-state index in [1.165, 1.54) is 0 Å². The number of hydrogen-bond acceptors (Lipinski definition) is 6. The van der Waals surface area contributed by atoms with Crippen LogP contribution in [0.1, 0.15) is 32.6 Å². The topological polar surface area (TPSA) is 88.8 Å². The molecule has 0 atom stereocenters. The van der Waals surface area contributed by atoms with Crippen LogP contribution < -0.4 is 5.32 Å². The molecule has 124 valence electrons. The van der Waals surface area contributed by atoms with Crippen LogP contribution in [-0.4, -0.2) is 41.7 Å². The van der Waals surface area contributed by atoms with Gasteiger partial charge in [0.2, 0.25) is 5.95 Å². The Bertz CT molecular complexity index is 849. The van der Waals surface area contributed by atoms with E-state index in [4.69, 9.17) is 0 Å². The van der Waals surface area contributed by atoms with Crippen LogP contribution in [0.25, 0.3) is 16.9 Å². The molecule has 3 aromatic rings. The number of para-hydroxylation sites is 1. The van der Waals surface area contributed by atoms with Crippen LogP contribution in [0.3, 0.4) is 0 Å². The Morgan fingerprint density at radius 3 is 2.83 bits per heavy atom. The summed E-state index contributed by atoms with van der Waals surface area (Å²) in [5.41, 5.74) is 1.21. The maximum Gasteiger partial charge on any atom is 0.224 e. The first-order valence-electron chi connectivity index (χ1n) is 8.24. The predicted octanol–water partition coefficient (Wildman–Crippen LogP) is 2.32. The van der Waals surface area contributed by atoms with Gasteiger partial charge in [0.15, 0.2) is 5.82 Å². The lowest BCUT2D eigenvalue weighted by Gasteiger charge is -2.33.